The molecule has 9 unspecified atom stereocenters. The minimum atomic E-state index is -4.30. The fourth-order valence-corrected chi connectivity index (χ4v) is 7.09. The molecule has 5 fully saturated rings. The number of carbonyl (C=O) groups excluding carboxylic acids is 3. The number of hydrogen-bond donors (Lipinski definition) is 1. The summed E-state index contributed by atoms with van der Waals surface area (Å²) in [5.74, 6) is -3.48. The van der Waals surface area contributed by atoms with Gasteiger partial charge in [0.25, 0.3) is 10.1 Å². The molecule has 0 aromatic heterocycles. The number of fused-ring (bicyclic) bond motifs is 3. The molecule has 2 saturated carbocycles. The molecule has 3 aliphatic heterocycles. The molecule has 0 aromatic carbocycles. The highest BCUT2D eigenvalue weighted by molar-refractivity contribution is 7.85. The van der Waals surface area contributed by atoms with Gasteiger partial charge in [-0.3, -0.25) is 18.9 Å². The minimum Gasteiger partial charge on any atom is -0.464 e. The van der Waals surface area contributed by atoms with Gasteiger partial charge in [-0.2, -0.15) is 8.42 Å². The van der Waals surface area contributed by atoms with Crippen LogP contribution in [0, 0.1) is 29.1 Å². The van der Waals surface area contributed by atoms with Crippen molar-refractivity contribution in [1.29, 1.82) is 0 Å². The zero-order valence-corrected chi connectivity index (χ0v) is 18.6. The van der Waals surface area contributed by atoms with Gasteiger partial charge in [-0.1, -0.05) is 19.8 Å². The quantitative estimate of drug-likeness (QED) is 0.336. The normalized spacial score (nSPS) is 44.2. The molecular formula is C21H28O10S. The standard InChI is InChI=1S/C21H28O10S/c1-10-7-11-3-2-4-21(8-10,9-11)20(24)31-17-14-12(18(22)28-5-6-32(25,26)27)13-15(29-14)16(17)30-19(13)23/h10-17H,2-9H2,1H3,(H,25,26,27). The van der Waals surface area contributed by atoms with Crippen molar-refractivity contribution in [2.45, 2.75) is 69.9 Å². The Balaban J connectivity index is 1.31. The summed E-state index contributed by atoms with van der Waals surface area (Å²) in [6.07, 6.45) is 2.30. The van der Waals surface area contributed by atoms with Crippen LogP contribution in [0.4, 0.5) is 0 Å². The van der Waals surface area contributed by atoms with E-state index >= 15 is 0 Å². The molecule has 1 N–H and O–H groups in total. The molecule has 5 aliphatic rings. The Labute approximate surface area is 186 Å². The van der Waals surface area contributed by atoms with Gasteiger partial charge in [0.15, 0.2) is 12.2 Å². The van der Waals surface area contributed by atoms with Gasteiger partial charge in [0.2, 0.25) is 0 Å². The van der Waals surface area contributed by atoms with Gasteiger partial charge in [0.05, 0.1) is 5.41 Å². The highest BCUT2D eigenvalue weighted by Crippen LogP contribution is 2.54. The minimum absolute atomic E-state index is 0.312. The van der Waals surface area contributed by atoms with E-state index in [4.69, 9.17) is 23.5 Å². The molecule has 3 heterocycles. The SMILES string of the molecule is CC1CC2CCCC(C(=O)OC3C4OC(=O)C5C4OC3C5C(=O)OCCS(=O)(=O)O)(C1)C2. The summed E-state index contributed by atoms with van der Waals surface area (Å²) in [7, 11) is -4.30. The van der Waals surface area contributed by atoms with Crippen molar-refractivity contribution in [2.24, 2.45) is 29.1 Å². The van der Waals surface area contributed by atoms with Crippen molar-refractivity contribution < 1.29 is 46.3 Å². The molecule has 0 amide bonds. The fourth-order valence-electron chi connectivity index (χ4n) is 6.79. The van der Waals surface area contributed by atoms with Gasteiger partial charge < -0.3 is 18.9 Å². The average Bonchev–Trinajstić information content (AvgIpc) is 3.30. The van der Waals surface area contributed by atoms with Gasteiger partial charge in [0.1, 0.15) is 36.4 Å². The number of esters is 3. The molecule has 2 aliphatic carbocycles. The van der Waals surface area contributed by atoms with Crippen molar-refractivity contribution in [3.05, 3.63) is 0 Å². The summed E-state index contributed by atoms with van der Waals surface area (Å²) in [5.41, 5.74) is -0.546. The Bertz CT molecular complexity index is 927. The summed E-state index contributed by atoms with van der Waals surface area (Å²) < 4.78 is 52.8. The number of rotatable bonds is 6. The summed E-state index contributed by atoms with van der Waals surface area (Å²) in [6.45, 7) is 1.60. The molecule has 0 spiro atoms. The van der Waals surface area contributed by atoms with Crippen LogP contribution in [0.2, 0.25) is 0 Å². The molecule has 178 valence electrons. The molecule has 10 nitrogen and oxygen atoms in total. The van der Waals surface area contributed by atoms with Crippen molar-refractivity contribution >= 4 is 28.0 Å². The zero-order chi connectivity index (χ0) is 22.8. The van der Waals surface area contributed by atoms with Gasteiger partial charge in [-0.25, -0.2) is 0 Å². The van der Waals surface area contributed by atoms with Crippen molar-refractivity contribution in [3.63, 3.8) is 0 Å². The van der Waals surface area contributed by atoms with Gasteiger partial charge in [0, 0.05) is 0 Å². The van der Waals surface area contributed by atoms with E-state index < -0.39 is 76.1 Å². The number of ether oxygens (including phenoxy) is 4. The van der Waals surface area contributed by atoms with Gasteiger partial charge in [-0.05, 0) is 37.5 Å². The zero-order valence-electron chi connectivity index (χ0n) is 17.8. The maximum atomic E-state index is 13.4. The largest absolute Gasteiger partial charge is 0.464 e. The van der Waals surface area contributed by atoms with E-state index in [-0.39, 0.29) is 5.97 Å². The maximum absolute atomic E-state index is 13.4. The predicted octanol–water partition coefficient (Wildman–Crippen LogP) is 0.875. The van der Waals surface area contributed by atoms with Crippen LogP contribution in [0.15, 0.2) is 0 Å². The van der Waals surface area contributed by atoms with Crippen LogP contribution in [-0.4, -0.2) is 67.7 Å². The van der Waals surface area contributed by atoms with E-state index in [0.717, 1.165) is 38.5 Å². The first-order chi connectivity index (χ1) is 15.1. The second kappa shape index (κ2) is 7.66. The van der Waals surface area contributed by atoms with Crippen LogP contribution in [0.5, 0.6) is 0 Å². The molecule has 0 aromatic rings. The Morgan fingerprint density at radius 3 is 2.75 bits per heavy atom. The summed E-state index contributed by atoms with van der Waals surface area (Å²) in [4.78, 5) is 38.5. The summed E-state index contributed by atoms with van der Waals surface area (Å²) in [6, 6.07) is 0. The first kappa shape index (κ1) is 22.1. The molecule has 32 heavy (non-hydrogen) atoms. The predicted molar refractivity (Wildman–Crippen MR) is 106 cm³/mol. The maximum Gasteiger partial charge on any atom is 0.313 e. The summed E-state index contributed by atoms with van der Waals surface area (Å²) in [5, 5.41) is 0. The topological polar surface area (TPSA) is 142 Å². The fraction of sp³-hybridized carbons (Fsp3) is 0.857. The van der Waals surface area contributed by atoms with E-state index in [1.54, 1.807) is 0 Å². The van der Waals surface area contributed by atoms with E-state index in [0.29, 0.717) is 11.8 Å². The Kier molecular flexibility index (Phi) is 5.29. The van der Waals surface area contributed by atoms with Gasteiger partial charge in [-0.15, -0.1) is 0 Å². The molecule has 4 bridgehead atoms. The molecule has 11 heteroatoms. The second-order valence-corrected chi connectivity index (χ2v) is 11.7. The van der Waals surface area contributed by atoms with Crippen molar-refractivity contribution in [2.75, 3.05) is 12.4 Å². The first-order valence-electron chi connectivity index (χ1n) is 11.3. The third-order valence-corrected chi connectivity index (χ3v) is 8.54. The van der Waals surface area contributed by atoms with Crippen LogP contribution in [0.1, 0.15) is 45.4 Å². The highest BCUT2D eigenvalue weighted by Gasteiger charge is 2.72. The van der Waals surface area contributed by atoms with E-state index in [2.05, 4.69) is 6.92 Å². The van der Waals surface area contributed by atoms with Crippen LogP contribution in [-0.2, 0) is 43.4 Å². The van der Waals surface area contributed by atoms with Crippen molar-refractivity contribution in [3.8, 4) is 0 Å². The third-order valence-electron chi connectivity index (χ3n) is 7.86. The van der Waals surface area contributed by atoms with Crippen molar-refractivity contribution in [1.82, 2.24) is 0 Å². The lowest BCUT2D eigenvalue weighted by Crippen LogP contribution is -2.51. The number of hydrogen-bond acceptors (Lipinski definition) is 9. The molecule has 5 rings (SSSR count). The lowest BCUT2D eigenvalue weighted by Gasteiger charge is -2.46. The Hall–Kier alpha value is -1.72. The lowest BCUT2D eigenvalue weighted by atomic mass is 9.59. The molecule has 9 atom stereocenters. The monoisotopic (exact) mass is 472 g/mol. The molecule has 0 radical (unpaired) electrons. The van der Waals surface area contributed by atoms with E-state index in [1.807, 2.05) is 0 Å². The summed E-state index contributed by atoms with van der Waals surface area (Å²) >= 11 is 0. The molecule has 3 saturated heterocycles. The van der Waals surface area contributed by atoms with Crippen LogP contribution in [0.25, 0.3) is 0 Å². The Morgan fingerprint density at radius 2 is 2.00 bits per heavy atom. The Morgan fingerprint density at radius 1 is 1.22 bits per heavy atom. The molecular weight excluding hydrogens is 444 g/mol. The first-order valence-corrected chi connectivity index (χ1v) is 12.9. The highest BCUT2D eigenvalue weighted by atomic mass is 32.2. The van der Waals surface area contributed by atoms with Crippen LogP contribution >= 0.6 is 0 Å². The second-order valence-electron chi connectivity index (χ2n) is 10.1. The van der Waals surface area contributed by atoms with E-state index in [1.165, 1.54) is 0 Å². The third kappa shape index (κ3) is 3.62. The van der Waals surface area contributed by atoms with Crippen LogP contribution in [0.3, 0.4) is 0 Å². The smallest absolute Gasteiger partial charge is 0.313 e. The number of carbonyl (C=O) groups is 3. The lowest BCUT2D eigenvalue weighted by molar-refractivity contribution is -0.179. The average molecular weight is 473 g/mol. The van der Waals surface area contributed by atoms with Crippen LogP contribution < -0.4 is 0 Å². The van der Waals surface area contributed by atoms with E-state index in [9.17, 15) is 22.8 Å². The van der Waals surface area contributed by atoms with Gasteiger partial charge >= 0.3 is 17.9 Å².